The lowest BCUT2D eigenvalue weighted by Gasteiger charge is -2.59. The van der Waals surface area contributed by atoms with Crippen LogP contribution in [0.2, 0.25) is 0 Å². The maximum atomic E-state index is 2.72. The van der Waals surface area contributed by atoms with Gasteiger partial charge in [0, 0.05) is 0 Å². The molecule has 0 aromatic heterocycles. The molecule has 0 amide bonds. The molecule has 0 aromatic rings. The maximum absolute atomic E-state index is 2.72. The van der Waals surface area contributed by atoms with Gasteiger partial charge in [-0.15, -0.1) is 0 Å². The monoisotopic (exact) mass is 274 g/mol. The average molecular weight is 274 g/mol. The first kappa shape index (κ1) is 13.6. The Hall–Kier alpha value is 0. The second-order valence-electron chi connectivity index (χ2n) is 9.54. The van der Waals surface area contributed by atoms with Crippen molar-refractivity contribution in [3.05, 3.63) is 0 Å². The first-order valence-electron chi connectivity index (χ1n) is 9.31. The summed E-state index contributed by atoms with van der Waals surface area (Å²) in [6.45, 7) is 18.3. The van der Waals surface area contributed by atoms with Gasteiger partial charge in [-0.05, 0) is 70.5 Å². The summed E-state index contributed by atoms with van der Waals surface area (Å²) in [5, 5.41) is 0. The van der Waals surface area contributed by atoms with Crippen molar-refractivity contribution in [3.8, 4) is 0 Å². The van der Waals surface area contributed by atoms with E-state index in [1.165, 1.54) is 6.42 Å². The maximum Gasteiger partial charge on any atom is -0.0204 e. The van der Waals surface area contributed by atoms with Gasteiger partial charge in [0.2, 0.25) is 0 Å². The summed E-state index contributed by atoms with van der Waals surface area (Å²) in [7, 11) is 0. The van der Waals surface area contributed by atoms with Crippen molar-refractivity contribution < 1.29 is 0 Å². The molecule has 11 atom stereocenters. The fourth-order valence-electron chi connectivity index (χ4n) is 8.92. The van der Waals surface area contributed by atoms with Gasteiger partial charge in [-0.25, -0.2) is 0 Å². The smallest absolute Gasteiger partial charge is 0.0204 e. The Morgan fingerprint density at radius 3 is 2.15 bits per heavy atom. The van der Waals surface area contributed by atoms with E-state index in [1.807, 2.05) is 0 Å². The van der Waals surface area contributed by atoms with Crippen LogP contribution in [0.15, 0.2) is 0 Å². The molecule has 114 valence electrons. The van der Waals surface area contributed by atoms with Crippen LogP contribution in [0.3, 0.4) is 0 Å². The first-order valence-corrected chi connectivity index (χ1v) is 9.31. The van der Waals surface area contributed by atoms with Crippen LogP contribution in [-0.4, -0.2) is 0 Å². The lowest BCUT2D eigenvalue weighted by atomic mass is 9.45. The van der Waals surface area contributed by atoms with E-state index in [1.54, 1.807) is 6.42 Å². The molecule has 0 spiro atoms. The third-order valence-corrected chi connectivity index (χ3v) is 10.3. The van der Waals surface area contributed by atoms with E-state index in [4.69, 9.17) is 0 Å². The van der Waals surface area contributed by atoms with Gasteiger partial charge in [-0.3, -0.25) is 0 Å². The van der Waals surface area contributed by atoms with Gasteiger partial charge in [0.1, 0.15) is 0 Å². The molecule has 5 aliphatic carbocycles. The van der Waals surface area contributed by atoms with Crippen molar-refractivity contribution in [2.24, 2.45) is 64.1 Å². The summed E-state index contributed by atoms with van der Waals surface area (Å²) in [6.07, 6.45) is 3.00. The molecule has 5 saturated carbocycles. The zero-order valence-electron chi connectivity index (χ0n) is 14.6. The van der Waals surface area contributed by atoms with Crippen LogP contribution in [0.4, 0.5) is 0 Å². The lowest BCUT2D eigenvalue weighted by Crippen LogP contribution is -2.54. The fraction of sp³-hybridized carbons (Fsp3) is 1.00. The Balaban J connectivity index is 1.96. The summed E-state index contributed by atoms with van der Waals surface area (Å²) in [4.78, 5) is 0. The molecule has 0 aliphatic heterocycles. The topological polar surface area (TPSA) is 0 Å². The molecule has 0 radical (unpaired) electrons. The predicted octanol–water partition coefficient (Wildman–Crippen LogP) is 5.48. The predicted molar refractivity (Wildman–Crippen MR) is 85.2 cm³/mol. The Morgan fingerprint density at radius 2 is 1.55 bits per heavy atom. The van der Waals surface area contributed by atoms with E-state index < -0.39 is 0 Å². The van der Waals surface area contributed by atoms with Crippen molar-refractivity contribution in [2.45, 2.75) is 61.3 Å². The Morgan fingerprint density at radius 1 is 0.900 bits per heavy atom. The van der Waals surface area contributed by atoms with Crippen molar-refractivity contribution in [2.75, 3.05) is 0 Å². The minimum absolute atomic E-state index is 0.612. The van der Waals surface area contributed by atoms with E-state index in [-0.39, 0.29) is 0 Å². The zero-order valence-corrected chi connectivity index (χ0v) is 14.6. The Labute approximate surface area is 126 Å². The standard InChI is InChI=1S/C20H34/c1-8-14-16-9-15-11(3)10(2)12(4)20(7)18(14)17(15)13(5)19(16,20)6/h10-18H,8-9H2,1-7H3. The molecule has 5 fully saturated rings. The first-order chi connectivity index (χ1) is 9.31. The van der Waals surface area contributed by atoms with Crippen LogP contribution in [0, 0.1) is 64.1 Å². The van der Waals surface area contributed by atoms with Gasteiger partial charge in [0.15, 0.2) is 0 Å². The molecule has 0 heteroatoms. The SMILES string of the molecule is CCC1C2CC3C(C)C(C)C(C)C4(C)C1C3C(C)C24C. The number of rotatable bonds is 1. The highest BCUT2D eigenvalue weighted by Crippen LogP contribution is 2.84. The quantitative estimate of drug-likeness (QED) is 0.594. The Bertz CT molecular complexity index is 437. The largest absolute Gasteiger partial charge is 0.0651 e. The van der Waals surface area contributed by atoms with Crippen molar-refractivity contribution >= 4 is 0 Å². The summed E-state index contributed by atoms with van der Waals surface area (Å²) >= 11 is 0. The van der Waals surface area contributed by atoms with Gasteiger partial charge in [-0.2, -0.15) is 0 Å². The van der Waals surface area contributed by atoms with Crippen molar-refractivity contribution in [1.82, 2.24) is 0 Å². The summed E-state index contributed by atoms with van der Waals surface area (Å²) in [5.74, 6) is 8.95. The lowest BCUT2D eigenvalue weighted by molar-refractivity contribution is -0.114. The second kappa shape index (κ2) is 3.66. The van der Waals surface area contributed by atoms with E-state index in [2.05, 4.69) is 48.5 Å². The number of hydrogen-bond acceptors (Lipinski definition) is 0. The van der Waals surface area contributed by atoms with E-state index >= 15 is 0 Å². The normalized spacial score (nSPS) is 70.7. The third-order valence-electron chi connectivity index (χ3n) is 10.3. The van der Waals surface area contributed by atoms with Crippen LogP contribution < -0.4 is 0 Å². The highest BCUT2D eigenvalue weighted by molar-refractivity contribution is 5.27. The third kappa shape index (κ3) is 1.03. The molecule has 0 saturated heterocycles. The van der Waals surface area contributed by atoms with Gasteiger partial charge >= 0.3 is 0 Å². The van der Waals surface area contributed by atoms with Gasteiger partial charge in [-0.1, -0.05) is 54.9 Å². The molecule has 11 unspecified atom stereocenters. The molecular formula is C20H34. The van der Waals surface area contributed by atoms with E-state index in [9.17, 15) is 0 Å². The van der Waals surface area contributed by atoms with Crippen LogP contribution in [0.5, 0.6) is 0 Å². The van der Waals surface area contributed by atoms with Crippen LogP contribution in [0.25, 0.3) is 0 Å². The molecule has 0 nitrogen and oxygen atoms in total. The highest BCUT2D eigenvalue weighted by atomic mass is 14.8. The van der Waals surface area contributed by atoms with E-state index in [0.29, 0.717) is 10.8 Å². The van der Waals surface area contributed by atoms with Crippen LogP contribution >= 0.6 is 0 Å². The fourth-order valence-corrected chi connectivity index (χ4v) is 8.92. The van der Waals surface area contributed by atoms with Crippen molar-refractivity contribution in [1.29, 1.82) is 0 Å². The molecule has 0 aromatic carbocycles. The molecule has 20 heavy (non-hydrogen) atoms. The molecule has 0 N–H and O–H groups in total. The molecule has 5 aliphatic rings. The minimum atomic E-state index is 0.612. The Kier molecular flexibility index (Phi) is 2.50. The van der Waals surface area contributed by atoms with Crippen LogP contribution in [0.1, 0.15) is 61.3 Å². The second-order valence-corrected chi connectivity index (χ2v) is 9.54. The number of hydrogen-bond donors (Lipinski definition) is 0. The zero-order chi connectivity index (χ0) is 14.6. The molecule has 0 heterocycles. The van der Waals surface area contributed by atoms with Gasteiger partial charge in [0.05, 0.1) is 0 Å². The van der Waals surface area contributed by atoms with Crippen molar-refractivity contribution in [3.63, 3.8) is 0 Å². The average Bonchev–Trinajstić information content (AvgIpc) is 2.68. The summed E-state index contributed by atoms with van der Waals surface area (Å²) in [6, 6.07) is 0. The molecular weight excluding hydrogens is 240 g/mol. The van der Waals surface area contributed by atoms with Crippen LogP contribution in [-0.2, 0) is 0 Å². The summed E-state index contributed by atoms with van der Waals surface area (Å²) in [5.41, 5.74) is 1.24. The molecule has 5 rings (SSSR count). The van der Waals surface area contributed by atoms with E-state index in [0.717, 1.165) is 53.3 Å². The highest BCUT2D eigenvalue weighted by Gasteiger charge is 2.80. The molecule has 6 bridgehead atoms. The minimum Gasteiger partial charge on any atom is -0.0651 e. The van der Waals surface area contributed by atoms with Gasteiger partial charge < -0.3 is 0 Å². The summed E-state index contributed by atoms with van der Waals surface area (Å²) < 4.78 is 0. The van der Waals surface area contributed by atoms with Gasteiger partial charge in [0.25, 0.3) is 0 Å².